The molecule has 0 atom stereocenters. The van der Waals surface area contributed by atoms with Gasteiger partial charge in [0.15, 0.2) is 0 Å². The van der Waals surface area contributed by atoms with Crippen LogP contribution in [0.5, 0.6) is 0 Å². The normalized spacial score (nSPS) is 12.0. The van der Waals surface area contributed by atoms with Gasteiger partial charge in [0.05, 0.1) is 34.2 Å². The zero-order chi connectivity index (χ0) is 31.1. The topological polar surface area (TPSA) is 37.6 Å². The third-order valence-electron chi connectivity index (χ3n) is 8.09. The second-order valence-corrected chi connectivity index (χ2v) is 12.0. The van der Waals surface area contributed by atoms with Gasteiger partial charge in [0.1, 0.15) is 0 Å². The monoisotopic (exact) mass is 577 g/mol. The fourth-order valence-corrected chi connectivity index (χ4v) is 6.02. The summed E-state index contributed by atoms with van der Waals surface area (Å²) in [4.78, 5) is 15.9. The van der Waals surface area contributed by atoms with Crippen LogP contribution in [0.25, 0.3) is 0 Å². The highest BCUT2D eigenvalue weighted by atomic mass is 14.8. The van der Waals surface area contributed by atoms with E-state index < -0.39 is 0 Å². The number of aryl methyl sites for hydroxylation is 8. The molecule has 1 aromatic heterocycles. The van der Waals surface area contributed by atoms with Gasteiger partial charge in [0, 0.05) is 0 Å². The Kier molecular flexibility index (Phi) is 9.96. The Balaban J connectivity index is 1.59. The minimum Gasteiger partial charge on any atom is -0.251 e. The number of hydrogen-bond donors (Lipinski definition) is 0. The molecule has 0 aliphatic heterocycles. The summed E-state index contributed by atoms with van der Waals surface area (Å²) in [6, 6.07) is 36.4. The minimum atomic E-state index is 0.792. The molecule has 1 heterocycles. The second kappa shape index (κ2) is 14.2. The van der Waals surface area contributed by atoms with Crippen LogP contribution in [0.4, 0.5) is 11.4 Å². The number of aliphatic imine (C=N–C) groups is 2. The van der Waals surface area contributed by atoms with E-state index >= 15 is 0 Å². The van der Waals surface area contributed by atoms with Crippen molar-refractivity contribution >= 4 is 22.8 Å². The van der Waals surface area contributed by atoms with Crippen LogP contribution in [0.1, 0.15) is 68.7 Å². The SMILES string of the molecule is Cc1cc(C)c(N=C(CCc2ccccc2)c2cccc(C(CCc3ccccc3)=Nc3c(C)cc(C)cc3C)n2)c(C)c1. The first kappa shape index (κ1) is 30.8. The lowest BCUT2D eigenvalue weighted by molar-refractivity contribution is 1.01. The Bertz CT molecular complexity index is 1620. The van der Waals surface area contributed by atoms with Crippen LogP contribution in [0.15, 0.2) is 113 Å². The molecule has 0 aliphatic carbocycles. The predicted molar refractivity (Wildman–Crippen MR) is 187 cm³/mol. The molecule has 4 aromatic carbocycles. The molecule has 0 fully saturated rings. The van der Waals surface area contributed by atoms with Crippen molar-refractivity contribution in [3.8, 4) is 0 Å². The fraction of sp³-hybridized carbons (Fsp3) is 0.244. The van der Waals surface area contributed by atoms with E-state index in [1.165, 1.54) is 44.5 Å². The van der Waals surface area contributed by atoms with Crippen molar-refractivity contribution in [1.29, 1.82) is 0 Å². The molecule has 3 heteroatoms. The average Bonchev–Trinajstić information content (AvgIpc) is 3.00. The third kappa shape index (κ3) is 7.85. The largest absolute Gasteiger partial charge is 0.251 e. The lowest BCUT2D eigenvalue weighted by Crippen LogP contribution is -2.12. The molecule has 0 unspecified atom stereocenters. The van der Waals surface area contributed by atoms with Crippen LogP contribution in [0.3, 0.4) is 0 Å². The zero-order valence-corrected chi connectivity index (χ0v) is 27.0. The van der Waals surface area contributed by atoms with Gasteiger partial charge in [-0.2, -0.15) is 0 Å². The molecular weight excluding hydrogens is 534 g/mol. The highest BCUT2D eigenvalue weighted by Crippen LogP contribution is 2.29. The van der Waals surface area contributed by atoms with E-state index in [-0.39, 0.29) is 0 Å². The van der Waals surface area contributed by atoms with Crippen LogP contribution in [0, 0.1) is 41.5 Å². The number of aromatic nitrogens is 1. The molecule has 0 aliphatic rings. The van der Waals surface area contributed by atoms with Crippen molar-refractivity contribution in [3.05, 3.63) is 159 Å². The summed E-state index contributed by atoms with van der Waals surface area (Å²) in [5.41, 5.74) is 15.7. The van der Waals surface area contributed by atoms with E-state index in [4.69, 9.17) is 15.0 Å². The van der Waals surface area contributed by atoms with Crippen LogP contribution in [-0.4, -0.2) is 16.4 Å². The number of nitrogens with zero attached hydrogens (tertiary/aromatic N) is 3. The standard InChI is InChI=1S/C41H43N3/c1-28-24-30(3)40(31(4)25-28)43-38(22-20-34-14-9-7-10-15-34)36-18-13-19-37(42-36)39(23-21-35-16-11-8-12-17-35)44-41-32(5)26-29(2)27-33(41)6/h7-19,24-27H,20-23H2,1-6H3. The van der Waals surface area contributed by atoms with Crippen LogP contribution in [-0.2, 0) is 12.8 Å². The van der Waals surface area contributed by atoms with Gasteiger partial charge in [-0.3, -0.25) is 9.98 Å². The first-order valence-corrected chi connectivity index (χ1v) is 15.6. The van der Waals surface area contributed by atoms with Gasteiger partial charge < -0.3 is 0 Å². The summed E-state index contributed by atoms with van der Waals surface area (Å²) in [7, 11) is 0. The Labute approximate surface area is 263 Å². The van der Waals surface area contributed by atoms with Crippen molar-refractivity contribution in [2.75, 3.05) is 0 Å². The average molecular weight is 578 g/mol. The summed E-state index contributed by atoms with van der Waals surface area (Å²) in [5, 5.41) is 0. The molecule has 0 bridgehead atoms. The van der Waals surface area contributed by atoms with Crippen molar-refractivity contribution in [1.82, 2.24) is 4.98 Å². The van der Waals surface area contributed by atoms with E-state index in [2.05, 4.69) is 145 Å². The minimum absolute atomic E-state index is 0.792. The van der Waals surface area contributed by atoms with Crippen LogP contribution in [0.2, 0.25) is 0 Å². The van der Waals surface area contributed by atoms with Gasteiger partial charge in [0.25, 0.3) is 0 Å². The number of rotatable bonds is 10. The van der Waals surface area contributed by atoms with Gasteiger partial charge in [-0.15, -0.1) is 0 Å². The molecule has 5 aromatic rings. The van der Waals surface area contributed by atoms with Crippen molar-refractivity contribution < 1.29 is 0 Å². The third-order valence-corrected chi connectivity index (χ3v) is 8.09. The van der Waals surface area contributed by atoms with E-state index in [1.807, 2.05) is 0 Å². The molecule has 0 saturated carbocycles. The van der Waals surface area contributed by atoms with E-state index in [9.17, 15) is 0 Å². The first-order chi connectivity index (χ1) is 21.3. The molecule has 0 radical (unpaired) electrons. The zero-order valence-electron chi connectivity index (χ0n) is 27.0. The molecule has 0 spiro atoms. The maximum absolute atomic E-state index is 5.31. The molecule has 0 saturated heterocycles. The van der Waals surface area contributed by atoms with Crippen molar-refractivity contribution in [2.24, 2.45) is 9.98 Å². The van der Waals surface area contributed by atoms with Crippen molar-refractivity contribution in [2.45, 2.75) is 67.2 Å². The smallest absolute Gasteiger partial charge is 0.0852 e. The molecule has 0 N–H and O–H groups in total. The van der Waals surface area contributed by atoms with Crippen LogP contribution >= 0.6 is 0 Å². The van der Waals surface area contributed by atoms with Gasteiger partial charge in [-0.25, -0.2) is 4.98 Å². The van der Waals surface area contributed by atoms with E-state index in [0.29, 0.717) is 0 Å². The predicted octanol–water partition coefficient (Wildman–Crippen LogP) is 10.4. The summed E-state index contributed by atoms with van der Waals surface area (Å²) in [6.07, 6.45) is 3.37. The summed E-state index contributed by atoms with van der Waals surface area (Å²) in [6.45, 7) is 12.9. The first-order valence-electron chi connectivity index (χ1n) is 15.6. The van der Waals surface area contributed by atoms with Gasteiger partial charge in [-0.05, 0) is 113 Å². The molecule has 0 amide bonds. The molecular formula is C41H43N3. The number of benzene rings is 4. The number of hydrogen-bond acceptors (Lipinski definition) is 3. The fourth-order valence-electron chi connectivity index (χ4n) is 6.02. The summed E-state index contributed by atoms with van der Waals surface area (Å²) in [5.74, 6) is 0. The summed E-state index contributed by atoms with van der Waals surface area (Å²) >= 11 is 0. The Hall–Kier alpha value is -4.63. The Morgan fingerprint density at radius 1 is 0.477 bits per heavy atom. The molecule has 3 nitrogen and oxygen atoms in total. The van der Waals surface area contributed by atoms with Crippen LogP contribution < -0.4 is 0 Å². The Morgan fingerprint density at radius 3 is 1.20 bits per heavy atom. The lowest BCUT2D eigenvalue weighted by atomic mass is 10.0. The van der Waals surface area contributed by atoms with E-state index in [0.717, 1.165) is 59.9 Å². The maximum Gasteiger partial charge on any atom is 0.0852 e. The van der Waals surface area contributed by atoms with Gasteiger partial charge in [0.2, 0.25) is 0 Å². The van der Waals surface area contributed by atoms with Crippen molar-refractivity contribution in [3.63, 3.8) is 0 Å². The molecule has 222 valence electrons. The molecule has 5 rings (SSSR count). The van der Waals surface area contributed by atoms with E-state index in [1.54, 1.807) is 0 Å². The van der Waals surface area contributed by atoms with Gasteiger partial charge in [-0.1, -0.05) is 102 Å². The molecule has 44 heavy (non-hydrogen) atoms. The number of pyridine rings is 1. The second-order valence-electron chi connectivity index (χ2n) is 12.0. The maximum atomic E-state index is 5.31. The lowest BCUT2D eigenvalue weighted by Gasteiger charge is -2.14. The quantitative estimate of drug-likeness (QED) is 0.152. The highest BCUT2D eigenvalue weighted by Gasteiger charge is 2.15. The van der Waals surface area contributed by atoms with Gasteiger partial charge >= 0.3 is 0 Å². The highest BCUT2D eigenvalue weighted by molar-refractivity contribution is 6.04. The summed E-state index contributed by atoms with van der Waals surface area (Å²) < 4.78 is 0. The Morgan fingerprint density at radius 2 is 0.841 bits per heavy atom.